The zero-order chi connectivity index (χ0) is 14.0. The smallest absolute Gasteiger partial charge is 0.237 e. The number of likely N-dealkylation sites (N-methyl/N-ethyl adjacent to an activating group) is 1. The minimum absolute atomic E-state index is 0.000140. The van der Waals surface area contributed by atoms with Crippen molar-refractivity contribution in [2.24, 2.45) is 0 Å². The molecule has 0 aromatic rings. The van der Waals surface area contributed by atoms with Gasteiger partial charge in [-0.2, -0.15) is 0 Å². The molecule has 0 aromatic heterocycles. The van der Waals surface area contributed by atoms with Crippen LogP contribution in [0.3, 0.4) is 0 Å². The Morgan fingerprint density at radius 3 is 2.28 bits per heavy atom. The molecule has 0 spiro atoms. The highest BCUT2D eigenvalue weighted by Crippen LogP contribution is 2.06. The first-order valence-electron chi connectivity index (χ1n) is 6.67. The number of hydrogen-bond donors (Lipinski definition) is 2. The van der Waals surface area contributed by atoms with Crippen LogP contribution in [0.5, 0.6) is 0 Å². The molecule has 1 unspecified atom stereocenters. The second kappa shape index (κ2) is 9.88. The number of carbonyl (C=O) groups excluding carboxylic acids is 2. The lowest BCUT2D eigenvalue weighted by atomic mass is 10.1. The highest BCUT2D eigenvalue weighted by molar-refractivity contribution is 5.81. The number of nitrogens with one attached hydrogen (secondary N) is 2. The van der Waals surface area contributed by atoms with Crippen molar-refractivity contribution in [3.05, 3.63) is 0 Å². The lowest BCUT2D eigenvalue weighted by molar-refractivity contribution is -0.126. The van der Waals surface area contributed by atoms with E-state index in [1.807, 2.05) is 25.9 Å². The summed E-state index contributed by atoms with van der Waals surface area (Å²) in [5.74, 6) is 0.0984. The van der Waals surface area contributed by atoms with E-state index >= 15 is 0 Å². The zero-order valence-corrected chi connectivity index (χ0v) is 12.1. The standard InChI is InChI=1S/C13H27N3O2/c1-5-9-15-13(18)12(16(3)4)8-6-7-10-14-11(2)17/h12H,5-10H2,1-4H3,(H,14,17)(H,15,18). The van der Waals surface area contributed by atoms with Gasteiger partial charge >= 0.3 is 0 Å². The first-order chi connectivity index (χ1) is 8.49. The molecule has 0 saturated heterocycles. The van der Waals surface area contributed by atoms with Gasteiger partial charge in [-0.05, 0) is 39.8 Å². The van der Waals surface area contributed by atoms with Crippen molar-refractivity contribution in [1.82, 2.24) is 15.5 Å². The van der Waals surface area contributed by atoms with Crippen molar-refractivity contribution >= 4 is 11.8 Å². The van der Waals surface area contributed by atoms with Gasteiger partial charge in [0.1, 0.15) is 0 Å². The minimum atomic E-state index is -0.0751. The fourth-order valence-corrected chi connectivity index (χ4v) is 1.72. The lowest BCUT2D eigenvalue weighted by Crippen LogP contribution is -2.43. The van der Waals surface area contributed by atoms with Crippen molar-refractivity contribution in [3.63, 3.8) is 0 Å². The van der Waals surface area contributed by atoms with Crippen LogP contribution in [-0.4, -0.2) is 49.9 Å². The maximum atomic E-state index is 11.9. The summed E-state index contributed by atoms with van der Waals surface area (Å²) in [4.78, 5) is 24.5. The van der Waals surface area contributed by atoms with Gasteiger partial charge < -0.3 is 10.6 Å². The van der Waals surface area contributed by atoms with E-state index in [0.717, 1.165) is 32.2 Å². The van der Waals surface area contributed by atoms with E-state index < -0.39 is 0 Å². The Labute approximate surface area is 110 Å². The summed E-state index contributed by atoms with van der Waals surface area (Å²) < 4.78 is 0. The second-order valence-electron chi connectivity index (χ2n) is 4.75. The van der Waals surface area contributed by atoms with Gasteiger partial charge in [0.2, 0.25) is 11.8 Å². The van der Waals surface area contributed by atoms with E-state index in [2.05, 4.69) is 10.6 Å². The molecule has 2 amide bonds. The Bertz CT molecular complexity index is 255. The first-order valence-corrected chi connectivity index (χ1v) is 6.67. The monoisotopic (exact) mass is 257 g/mol. The van der Waals surface area contributed by atoms with Crippen molar-refractivity contribution in [3.8, 4) is 0 Å². The molecule has 0 aliphatic rings. The molecule has 0 rings (SSSR count). The maximum absolute atomic E-state index is 11.9. The SMILES string of the molecule is CCCNC(=O)C(CCCCNC(C)=O)N(C)C. The van der Waals surface area contributed by atoms with Gasteiger partial charge in [0.05, 0.1) is 6.04 Å². The van der Waals surface area contributed by atoms with Gasteiger partial charge in [-0.3, -0.25) is 14.5 Å². The summed E-state index contributed by atoms with van der Waals surface area (Å²) in [6, 6.07) is -0.0751. The van der Waals surface area contributed by atoms with Gasteiger partial charge in [-0.1, -0.05) is 6.92 Å². The summed E-state index contributed by atoms with van der Waals surface area (Å²) in [5, 5.41) is 5.68. The van der Waals surface area contributed by atoms with Crippen LogP contribution < -0.4 is 10.6 Å². The predicted octanol–water partition coefficient (Wildman–Crippen LogP) is 0.749. The number of unbranched alkanes of at least 4 members (excludes halogenated alkanes) is 1. The molecule has 5 heteroatoms. The number of nitrogens with zero attached hydrogens (tertiary/aromatic N) is 1. The van der Waals surface area contributed by atoms with Crippen LogP contribution in [0.25, 0.3) is 0 Å². The number of amides is 2. The van der Waals surface area contributed by atoms with Gasteiger partial charge in [-0.25, -0.2) is 0 Å². The molecule has 18 heavy (non-hydrogen) atoms. The molecule has 5 nitrogen and oxygen atoms in total. The van der Waals surface area contributed by atoms with Crippen LogP contribution in [0, 0.1) is 0 Å². The predicted molar refractivity (Wildman–Crippen MR) is 73.3 cm³/mol. The first kappa shape index (κ1) is 16.9. The average molecular weight is 257 g/mol. The molecule has 0 saturated carbocycles. The van der Waals surface area contributed by atoms with Crippen molar-refractivity contribution in [2.75, 3.05) is 27.2 Å². The number of hydrogen-bond acceptors (Lipinski definition) is 3. The van der Waals surface area contributed by atoms with Crippen LogP contribution >= 0.6 is 0 Å². The largest absolute Gasteiger partial charge is 0.356 e. The van der Waals surface area contributed by atoms with E-state index in [0.29, 0.717) is 6.54 Å². The van der Waals surface area contributed by atoms with Crippen molar-refractivity contribution < 1.29 is 9.59 Å². The number of rotatable bonds is 9. The molecule has 0 bridgehead atoms. The molecular formula is C13H27N3O2. The molecule has 2 N–H and O–H groups in total. The minimum Gasteiger partial charge on any atom is -0.356 e. The van der Waals surface area contributed by atoms with Crippen LogP contribution in [0.15, 0.2) is 0 Å². The quantitative estimate of drug-likeness (QED) is 0.599. The summed E-state index contributed by atoms with van der Waals surface area (Å²) in [5.41, 5.74) is 0. The Morgan fingerprint density at radius 1 is 1.11 bits per heavy atom. The van der Waals surface area contributed by atoms with Gasteiger partial charge in [-0.15, -0.1) is 0 Å². The third kappa shape index (κ3) is 8.06. The highest BCUT2D eigenvalue weighted by atomic mass is 16.2. The molecular weight excluding hydrogens is 230 g/mol. The molecule has 0 aliphatic heterocycles. The average Bonchev–Trinajstić information content (AvgIpc) is 2.29. The van der Waals surface area contributed by atoms with E-state index in [4.69, 9.17) is 0 Å². The normalized spacial score (nSPS) is 12.3. The van der Waals surface area contributed by atoms with Crippen molar-refractivity contribution in [2.45, 2.75) is 45.6 Å². The summed E-state index contributed by atoms with van der Waals surface area (Å²) in [7, 11) is 3.84. The molecule has 0 fully saturated rings. The fourth-order valence-electron chi connectivity index (χ4n) is 1.72. The Kier molecular flexibility index (Phi) is 9.28. The van der Waals surface area contributed by atoms with Gasteiger partial charge in [0, 0.05) is 20.0 Å². The zero-order valence-electron chi connectivity index (χ0n) is 12.1. The lowest BCUT2D eigenvalue weighted by Gasteiger charge is -2.23. The summed E-state index contributed by atoms with van der Waals surface area (Å²) in [6.07, 6.45) is 3.62. The van der Waals surface area contributed by atoms with Crippen LogP contribution in [0.4, 0.5) is 0 Å². The van der Waals surface area contributed by atoms with Crippen LogP contribution in [-0.2, 0) is 9.59 Å². The molecule has 0 aromatic carbocycles. The van der Waals surface area contributed by atoms with E-state index in [9.17, 15) is 9.59 Å². The van der Waals surface area contributed by atoms with E-state index in [1.165, 1.54) is 6.92 Å². The van der Waals surface area contributed by atoms with Crippen LogP contribution in [0.1, 0.15) is 39.5 Å². The Balaban J connectivity index is 3.90. The summed E-state index contributed by atoms with van der Waals surface area (Å²) in [6.45, 7) is 4.97. The Hall–Kier alpha value is -1.10. The van der Waals surface area contributed by atoms with Crippen LogP contribution in [0.2, 0.25) is 0 Å². The fraction of sp³-hybridized carbons (Fsp3) is 0.846. The van der Waals surface area contributed by atoms with E-state index in [-0.39, 0.29) is 17.9 Å². The van der Waals surface area contributed by atoms with Crippen molar-refractivity contribution in [1.29, 1.82) is 0 Å². The Morgan fingerprint density at radius 2 is 1.78 bits per heavy atom. The molecule has 0 radical (unpaired) electrons. The molecule has 106 valence electrons. The third-order valence-corrected chi connectivity index (χ3v) is 2.75. The van der Waals surface area contributed by atoms with E-state index in [1.54, 1.807) is 0 Å². The molecule has 1 atom stereocenters. The molecule has 0 aliphatic carbocycles. The third-order valence-electron chi connectivity index (χ3n) is 2.75. The number of carbonyl (C=O) groups is 2. The molecule has 0 heterocycles. The summed E-state index contributed by atoms with van der Waals surface area (Å²) >= 11 is 0. The topological polar surface area (TPSA) is 61.4 Å². The van der Waals surface area contributed by atoms with Gasteiger partial charge in [0.15, 0.2) is 0 Å². The highest BCUT2D eigenvalue weighted by Gasteiger charge is 2.19. The second-order valence-corrected chi connectivity index (χ2v) is 4.75. The van der Waals surface area contributed by atoms with Gasteiger partial charge in [0.25, 0.3) is 0 Å². The maximum Gasteiger partial charge on any atom is 0.237 e.